The third kappa shape index (κ3) is 2.72. The highest BCUT2D eigenvalue weighted by Gasteiger charge is 2.25. The number of unbranched alkanes of at least 4 members (excludes halogenated alkanes) is 1. The average Bonchev–Trinajstić information content (AvgIpc) is 3.03. The lowest BCUT2D eigenvalue weighted by molar-refractivity contribution is 0.401. The molecule has 0 aromatic heterocycles. The number of ether oxygens (including phenoxy) is 1. The van der Waals surface area contributed by atoms with E-state index in [1.807, 2.05) is 6.07 Å². The van der Waals surface area contributed by atoms with Crippen LogP contribution in [-0.2, 0) is 17.6 Å². The molecule has 1 N–H and O–H groups in total. The van der Waals surface area contributed by atoms with Gasteiger partial charge in [-0.1, -0.05) is 25.5 Å². The second kappa shape index (κ2) is 4.67. The molecular formula is C13H18O2. The van der Waals surface area contributed by atoms with Crippen molar-refractivity contribution in [2.75, 3.05) is 6.61 Å². The molecule has 0 bridgehead atoms. The van der Waals surface area contributed by atoms with Gasteiger partial charge in [0.25, 0.3) is 0 Å². The molecule has 0 saturated carbocycles. The second-order valence-electron chi connectivity index (χ2n) is 4.18. The maximum Gasteiger partial charge on any atom is 0.119 e. The fraction of sp³-hybridized carbons (Fsp3) is 0.538. The van der Waals surface area contributed by atoms with Crippen molar-refractivity contribution in [1.29, 1.82) is 0 Å². The normalized spacial score (nSPS) is 19.1. The lowest BCUT2D eigenvalue weighted by Gasteiger charge is -2.09. The van der Waals surface area contributed by atoms with E-state index in [4.69, 9.17) is 4.74 Å². The zero-order valence-electron chi connectivity index (χ0n) is 9.20. The van der Waals surface area contributed by atoms with E-state index >= 15 is 0 Å². The molecule has 0 aliphatic carbocycles. The Bertz CT molecular complexity index is 329. The Morgan fingerprint density at radius 1 is 1.47 bits per heavy atom. The highest BCUT2D eigenvalue weighted by molar-refractivity contribution is 5.40. The Morgan fingerprint density at radius 2 is 2.27 bits per heavy atom. The van der Waals surface area contributed by atoms with Crippen LogP contribution in [0.15, 0.2) is 18.2 Å². The van der Waals surface area contributed by atoms with Gasteiger partial charge in [-0.05, 0) is 30.0 Å². The molecule has 1 aromatic carbocycles. The molecule has 0 radical (unpaired) electrons. The maximum absolute atomic E-state index is 9.81. The summed E-state index contributed by atoms with van der Waals surface area (Å²) in [4.78, 5) is 0. The van der Waals surface area contributed by atoms with Crippen LogP contribution in [0.1, 0.15) is 30.9 Å². The number of aryl methyl sites for hydroxylation is 1. The van der Waals surface area contributed by atoms with Gasteiger partial charge in [0.05, 0.1) is 12.7 Å². The SMILES string of the molecule is CCCCc1cccc(O)c1CC1CO1. The number of rotatable bonds is 5. The molecule has 0 spiro atoms. The van der Waals surface area contributed by atoms with Crippen molar-refractivity contribution in [2.45, 2.75) is 38.7 Å². The van der Waals surface area contributed by atoms with E-state index in [1.54, 1.807) is 6.07 Å². The van der Waals surface area contributed by atoms with Crippen LogP contribution in [0, 0.1) is 0 Å². The minimum atomic E-state index is 0.346. The van der Waals surface area contributed by atoms with Crippen molar-refractivity contribution in [3.05, 3.63) is 29.3 Å². The molecule has 1 aliphatic rings. The van der Waals surface area contributed by atoms with E-state index in [-0.39, 0.29) is 0 Å². The summed E-state index contributed by atoms with van der Waals surface area (Å²) in [6, 6.07) is 5.82. The predicted molar refractivity (Wildman–Crippen MR) is 60.2 cm³/mol. The van der Waals surface area contributed by atoms with Crippen LogP contribution < -0.4 is 0 Å². The summed E-state index contributed by atoms with van der Waals surface area (Å²) in [5.74, 6) is 0.430. The van der Waals surface area contributed by atoms with Crippen molar-refractivity contribution in [3.63, 3.8) is 0 Å². The molecule has 15 heavy (non-hydrogen) atoms. The van der Waals surface area contributed by atoms with Gasteiger partial charge in [-0.25, -0.2) is 0 Å². The van der Waals surface area contributed by atoms with E-state index in [0.717, 1.165) is 25.0 Å². The molecule has 1 aliphatic heterocycles. The molecule has 1 fully saturated rings. The van der Waals surface area contributed by atoms with Crippen LogP contribution in [0.5, 0.6) is 5.75 Å². The third-order valence-electron chi connectivity index (χ3n) is 2.88. The molecule has 1 atom stereocenters. The lowest BCUT2D eigenvalue weighted by Crippen LogP contribution is -1.99. The van der Waals surface area contributed by atoms with Crippen molar-refractivity contribution in [2.24, 2.45) is 0 Å². The number of hydrogen-bond donors (Lipinski definition) is 1. The first-order valence-corrected chi connectivity index (χ1v) is 5.72. The molecule has 82 valence electrons. The summed E-state index contributed by atoms with van der Waals surface area (Å²) in [6.07, 6.45) is 4.65. The predicted octanol–water partition coefficient (Wildman–Crippen LogP) is 2.68. The van der Waals surface area contributed by atoms with Gasteiger partial charge in [-0.2, -0.15) is 0 Å². The van der Waals surface area contributed by atoms with Crippen molar-refractivity contribution in [1.82, 2.24) is 0 Å². The highest BCUT2D eigenvalue weighted by Crippen LogP contribution is 2.27. The highest BCUT2D eigenvalue weighted by atomic mass is 16.6. The molecule has 2 heteroatoms. The van der Waals surface area contributed by atoms with Crippen LogP contribution >= 0.6 is 0 Å². The lowest BCUT2D eigenvalue weighted by atomic mass is 9.98. The molecule has 1 saturated heterocycles. The zero-order chi connectivity index (χ0) is 10.7. The maximum atomic E-state index is 9.81. The Balaban J connectivity index is 2.14. The summed E-state index contributed by atoms with van der Waals surface area (Å²) in [7, 11) is 0. The molecule has 0 amide bonds. The Kier molecular flexibility index (Phi) is 3.27. The van der Waals surface area contributed by atoms with E-state index in [2.05, 4.69) is 13.0 Å². The Labute approximate surface area is 90.9 Å². The topological polar surface area (TPSA) is 32.8 Å². The summed E-state index contributed by atoms with van der Waals surface area (Å²) >= 11 is 0. The van der Waals surface area contributed by atoms with Crippen molar-refractivity contribution >= 4 is 0 Å². The minimum absolute atomic E-state index is 0.346. The Hall–Kier alpha value is -1.02. The molecular weight excluding hydrogens is 188 g/mol. The molecule has 1 unspecified atom stereocenters. The van der Waals surface area contributed by atoms with Crippen LogP contribution in [0.2, 0.25) is 0 Å². The quantitative estimate of drug-likeness (QED) is 0.751. The number of benzene rings is 1. The van der Waals surface area contributed by atoms with Crippen LogP contribution in [0.3, 0.4) is 0 Å². The minimum Gasteiger partial charge on any atom is -0.508 e. The van der Waals surface area contributed by atoms with E-state index in [1.165, 1.54) is 18.4 Å². The van der Waals surface area contributed by atoms with E-state index in [9.17, 15) is 5.11 Å². The van der Waals surface area contributed by atoms with Crippen molar-refractivity contribution < 1.29 is 9.84 Å². The number of aromatic hydroxyl groups is 1. The largest absolute Gasteiger partial charge is 0.508 e. The van der Waals surface area contributed by atoms with Crippen LogP contribution in [-0.4, -0.2) is 17.8 Å². The van der Waals surface area contributed by atoms with Crippen LogP contribution in [0.4, 0.5) is 0 Å². The molecule has 2 nitrogen and oxygen atoms in total. The summed E-state index contributed by atoms with van der Waals surface area (Å²) in [6.45, 7) is 3.04. The fourth-order valence-electron chi connectivity index (χ4n) is 1.87. The summed E-state index contributed by atoms with van der Waals surface area (Å²) in [5.41, 5.74) is 2.38. The first-order valence-electron chi connectivity index (χ1n) is 5.72. The second-order valence-corrected chi connectivity index (χ2v) is 4.18. The molecule has 1 aromatic rings. The Morgan fingerprint density at radius 3 is 2.93 bits per heavy atom. The monoisotopic (exact) mass is 206 g/mol. The number of hydrogen-bond acceptors (Lipinski definition) is 2. The zero-order valence-corrected chi connectivity index (χ0v) is 9.20. The van der Waals surface area contributed by atoms with Gasteiger partial charge in [0, 0.05) is 6.42 Å². The van der Waals surface area contributed by atoms with Gasteiger partial charge >= 0.3 is 0 Å². The average molecular weight is 206 g/mol. The van der Waals surface area contributed by atoms with Gasteiger partial charge in [-0.3, -0.25) is 0 Å². The number of epoxide rings is 1. The first-order chi connectivity index (χ1) is 7.31. The smallest absolute Gasteiger partial charge is 0.119 e. The summed E-state index contributed by atoms with van der Waals surface area (Å²) < 4.78 is 5.22. The number of phenolic OH excluding ortho intramolecular Hbond substituents is 1. The van der Waals surface area contributed by atoms with E-state index in [0.29, 0.717) is 11.9 Å². The van der Waals surface area contributed by atoms with Gasteiger partial charge in [-0.15, -0.1) is 0 Å². The van der Waals surface area contributed by atoms with Gasteiger partial charge in [0.15, 0.2) is 0 Å². The van der Waals surface area contributed by atoms with E-state index < -0.39 is 0 Å². The van der Waals surface area contributed by atoms with Crippen LogP contribution in [0.25, 0.3) is 0 Å². The fourth-order valence-corrected chi connectivity index (χ4v) is 1.87. The molecule has 2 rings (SSSR count). The number of phenols is 1. The van der Waals surface area contributed by atoms with Crippen molar-refractivity contribution in [3.8, 4) is 5.75 Å². The third-order valence-corrected chi connectivity index (χ3v) is 2.88. The first kappa shape index (κ1) is 10.5. The summed E-state index contributed by atoms with van der Waals surface area (Å²) in [5, 5.41) is 9.81. The van der Waals surface area contributed by atoms with Gasteiger partial charge in [0.1, 0.15) is 5.75 Å². The molecule has 1 heterocycles. The standard InChI is InChI=1S/C13H18O2/c1-2-3-5-10-6-4-7-13(14)12(10)8-11-9-15-11/h4,6-7,11,14H,2-3,5,8-9H2,1H3. The van der Waals surface area contributed by atoms with Gasteiger partial charge in [0.2, 0.25) is 0 Å². The van der Waals surface area contributed by atoms with Gasteiger partial charge < -0.3 is 9.84 Å².